The fourth-order valence-corrected chi connectivity index (χ4v) is 5.03. The highest BCUT2D eigenvalue weighted by molar-refractivity contribution is 7.99. The number of carbonyl (C=O) groups excluding carboxylic acids is 1. The van der Waals surface area contributed by atoms with Crippen molar-refractivity contribution in [1.29, 1.82) is 0 Å². The lowest BCUT2D eigenvalue weighted by Gasteiger charge is -2.09. The first-order chi connectivity index (χ1) is 13.6. The van der Waals surface area contributed by atoms with Crippen molar-refractivity contribution >= 4 is 50.0 Å². The van der Waals surface area contributed by atoms with Gasteiger partial charge in [-0.15, -0.1) is 17.9 Å². The Balaban J connectivity index is 1.66. The van der Waals surface area contributed by atoms with Crippen LogP contribution in [0.5, 0.6) is 0 Å². The molecule has 0 saturated heterocycles. The standard InChI is InChI=1S/C21H19N3O2S2/c1-3-9-24-20(26)15-10-13(4-2)28-19(15)23-21(24)27-12-18(25)16-11-22-17-8-6-5-7-14(16)17/h3,5-8,10-11,22H,1,4,9,12H2,2H3. The number of hydrogen-bond donors (Lipinski definition) is 1. The molecule has 0 bridgehead atoms. The van der Waals surface area contributed by atoms with E-state index in [-0.39, 0.29) is 17.1 Å². The van der Waals surface area contributed by atoms with Crippen molar-refractivity contribution < 1.29 is 4.79 Å². The number of nitrogens with one attached hydrogen (secondary N) is 1. The van der Waals surface area contributed by atoms with Gasteiger partial charge in [0.25, 0.3) is 5.56 Å². The number of carbonyl (C=O) groups is 1. The van der Waals surface area contributed by atoms with Gasteiger partial charge >= 0.3 is 0 Å². The number of H-pyrrole nitrogens is 1. The molecule has 0 atom stereocenters. The van der Waals surface area contributed by atoms with E-state index in [2.05, 4.69) is 23.5 Å². The Morgan fingerprint density at radius 1 is 1.36 bits per heavy atom. The van der Waals surface area contributed by atoms with Crippen molar-refractivity contribution in [3.63, 3.8) is 0 Å². The van der Waals surface area contributed by atoms with Gasteiger partial charge in [-0.1, -0.05) is 43.0 Å². The molecule has 0 saturated carbocycles. The molecular weight excluding hydrogens is 390 g/mol. The molecule has 0 spiro atoms. The number of aromatic amines is 1. The maximum atomic E-state index is 12.9. The van der Waals surface area contributed by atoms with Gasteiger partial charge in [0.1, 0.15) is 4.83 Å². The Bertz CT molecular complexity index is 1250. The van der Waals surface area contributed by atoms with Gasteiger partial charge in [0.05, 0.1) is 11.1 Å². The van der Waals surface area contributed by atoms with Crippen LogP contribution in [0.3, 0.4) is 0 Å². The highest BCUT2D eigenvalue weighted by atomic mass is 32.2. The Morgan fingerprint density at radius 2 is 2.18 bits per heavy atom. The van der Waals surface area contributed by atoms with Gasteiger partial charge in [-0.05, 0) is 18.6 Å². The highest BCUT2D eigenvalue weighted by Gasteiger charge is 2.17. The summed E-state index contributed by atoms with van der Waals surface area (Å²) < 4.78 is 1.59. The maximum Gasteiger partial charge on any atom is 0.263 e. The number of fused-ring (bicyclic) bond motifs is 2. The molecule has 142 valence electrons. The summed E-state index contributed by atoms with van der Waals surface area (Å²) in [6, 6.07) is 9.64. The molecule has 4 aromatic rings. The maximum absolute atomic E-state index is 12.9. The van der Waals surface area contributed by atoms with Crippen LogP contribution in [0, 0.1) is 0 Å². The predicted octanol–water partition coefficient (Wildman–Crippen LogP) is 4.66. The first kappa shape index (κ1) is 18.7. The number of Topliss-reactive ketones (excluding diaryl/α,β-unsaturated/α-hetero) is 1. The summed E-state index contributed by atoms with van der Waals surface area (Å²) in [5.41, 5.74) is 1.51. The summed E-state index contributed by atoms with van der Waals surface area (Å²) >= 11 is 2.83. The fourth-order valence-electron chi connectivity index (χ4n) is 3.13. The van der Waals surface area contributed by atoms with Crippen LogP contribution in [0.2, 0.25) is 0 Å². The average molecular weight is 410 g/mol. The number of rotatable bonds is 7. The number of hydrogen-bond acceptors (Lipinski definition) is 5. The molecule has 0 aliphatic rings. The first-order valence-corrected chi connectivity index (χ1v) is 10.8. The summed E-state index contributed by atoms with van der Waals surface area (Å²) in [5, 5.41) is 2.09. The molecule has 0 fully saturated rings. The number of thioether (sulfide) groups is 1. The molecule has 3 heterocycles. The number of ketones is 1. The number of aromatic nitrogens is 3. The minimum atomic E-state index is -0.0807. The average Bonchev–Trinajstić information content (AvgIpc) is 3.32. The zero-order valence-electron chi connectivity index (χ0n) is 15.4. The molecule has 3 aromatic heterocycles. The van der Waals surface area contributed by atoms with Crippen LogP contribution in [0.15, 0.2) is 59.1 Å². The highest BCUT2D eigenvalue weighted by Crippen LogP contribution is 2.26. The van der Waals surface area contributed by atoms with Crippen molar-refractivity contribution in [1.82, 2.24) is 14.5 Å². The number of benzene rings is 1. The second-order valence-electron chi connectivity index (χ2n) is 6.34. The van der Waals surface area contributed by atoms with Crippen molar-refractivity contribution in [2.75, 3.05) is 5.75 Å². The van der Waals surface area contributed by atoms with Crippen molar-refractivity contribution in [2.45, 2.75) is 25.0 Å². The molecule has 4 rings (SSSR count). The summed E-state index contributed by atoms with van der Waals surface area (Å²) in [6.07, 6.45) is 4.28. The largest absolute Gasteiger partial charge is 0.360 e. The molecular formula is C21H19N3O2S2. The van der Waals surface area contributed by atoms with Crippen LogP contribution in [0.4, 0.5) is 0 Å². The second-order valence-corrected chi connectivity index (χ2v) is 8.40. The van der Waals surface area contributed by atoms with Crippen molar-refractivity contribution in [3.05, 3.63) is 70.0 Å². The van der Waals surface area contributed by atoms with Crippen LogP contribution in [-0.2, 0) is 13.0 Å². The molecule has 1 N–H and O–H groups in total. The molecule has 0 unspecified atom stereocenters. The number of nitrogens with zero attached hydrogens (tertiary/aromatic N) is 2. The van der Waals surface area contributed by atoms with E-state index in [4.69, 9.17) is 0 Å². The summed E-state index contributed by atoms with van der Waals surface area (Å²) in [5.74, 6) is 0.213. The summed E-state index contributed by atoms with van der Waals surface area (Å²) in [4.78, 5) is 35.3. The third kappa shape index (κ3) is 3.31. The van der Waals surface area contributed by atoms with Gasteiger partial charge in [-0.2, -0.15) is 0 Å². The second kappa shape index (κ2) is 7.77. The van der Waals surface area contributed by atoms with Crippen molar-refractivity contribution in [3.8, 4) is 0 Å². The van der Waals surface area contributed by atoms with Crippen LogP contribution in [0.1, 0.15) is 22.2 Å². The van der Waals surface area contributed by atoms with Crippen LogP contribution >= 0.6 is 23.1 Å². The number of thiophene rings is 1. The SMILES string of the molecule is C=CCn1c(SCC(=O)c2c[nH]c3ccccc23)nc2sc(CC)cc2c1=O. The molecule has 0 radical (unpaired) electrons. The van der Waals surface area contributed by atoms with E-state index in [0.717, 1.165) is 27.0 Å². The third-order valence-corrected chi connectivity index (χ3v) is 6.70. The lowest BCUT2D eigenvalue weighted by Crippen LogP contribution is -2.22. The zero-order valence-corrected chi connectivity index (χ0v) is 17.0. The van der Waals surface area contributed by atoms with Crippen LogP contribution in [0.25, 0.3) is 21.1 Å². The molecule has 5 nitrogen and oxygen atoms in total. The lowest BCUT2D eigenvalue weighted by molar-refractivity contribution is 0.102. The Labute approximate surface area is 170 Å². The summed E-state index contributed by atoms with van der Waals surface area (Å²) in [7, 11) is 0. The van der Waals surface area contributed by atoms with Gasteiger partial charge in [0, 0.05) is 34.1 Å². The Morgan fingerprint density at radius 3 is 2.96 bits per heavy atom. The molecule has 1 aromatic carbocycles. The van der Waals surface area contributed by atoms with E-state index >= 15 is 0 Å². The van der Waals surface area contributed by atoms with E-state index in [9.17, 15) is 9.59 Å². The van der Waals surface area contributed by atoms with E-state index in [0.29, 0.717) is 22.7 Å². The fraction of sp³-hybridized carbons (Fsp3) is 0.190. The Hall–Kier alpha value is -2.64. The van der Waals surface area contributed by atoms with Gasteiger partial charge in [0.2, 0.25) is 0 Å². The lowest BCUT2D eigenvalue weighted by atomic mass is 10.1. The molecule has 7 heteroatoms. The van der Waals surface area contributed by atoms with Gasteiger partial charge in [-0.25, -0.2) is 4.98 Å². The number of aryl methyl sites for hydroxylation is 1. The topological polar surface area (TPSA) is 67.8 Å². The third-order valence-electron chi connectivity index (χ3n) is 4.55. The number of para-hydroxylation sites is 1. The molecule has 0 aliphatic heterocycles. The first-order valence-electron chi connectivity index (χ1n) is 8.98. The number of allylic oxidation sites excluding steroid dienone is 1. The monoisotopic (exact) mass is 409 g/mol. The van der Waals surface area contributed by atoms with E-state index in [1.807, 2.05) is 30.3 Å². The molecule has 0 aliphatic carbocycles. The smallest absolute Gasteiger partial charge is 0.263 e. The van der Waals surface area contributed by atoms with Crippen LogP contribution < -0.4 is 5.56 Å². The molecule has 0 amide bonds. The Kier molecular flexibility index (Phi) is 5.19. The zero-order chi connectivity index (χ0) is 19.7. The minimum absolute atomic E-state index is 0.00220. The van der Waals surface area contributed by atoms with Crippen LogP contribution in [-0.4, -0.2) is 26.1 Å². The van der Waals surface area contributed by atoms with Crippen molar-refractivity contribution in [2.24, 2.45) is 0 Å². The van der Waals surface area contributed by atoms with E-state index in [1.165, 1.54) is 23.1 Å². The van der Waals surface area contributed by atoms with E-state index in [1.54, 1.807) is 16.8 Å². The van der Waals surface area contributed by atoms with Gasteiger partial charge in [0.15, 0.2) is 10.9 Å². The van der Waals surface area contributed by atoms with Gasteiger partial charge in [-0.3, -0.25) is 14.2 Å². The normalized spacial score (nSPS) is 11.3. The predicted molar refractivity (Wildman–Crippen MR) is 117 cm³/mol. The summed E-state index contributed by atoms with van der Waals surface area (Å²) in [6.45, 7) is 6.17. The van der Waals surface area contributed by atoms with Gasteiger partial charge < -0.3 is 4.98 Å². The minimum Gasteiger partial charge on any atom is -0.360 e. The quantitative estimate of drug-likeness (QED) is 0.209. The van der Waals surface area contributed by atoms with E-state index < -0.39 is 0 Å². The molecule has 28 heavy (non-hydrogen) atoms.